The number of aryl methyl sites for hydroxylation is 1. The molecule has 0 aliphatic heterocycles. The van der Waals surface area contributed by atoms with Crippen LogP contribution in [-0.2, 0) is 29.5 Å². The van der Waals surface area contributed by atoms with Crippen molar-refractivity contribution in [1.29, 1.82) is 0 Å². The summed E-state index contributed by atoms with van der Waals surface area (Å²) in [6.45, 7) is 0. The van der Waals surface area contributed by atoms with Gasteiger partial charge in [-0.3, -0.25) is 9.48 Å². The average Bonchev–Trinajstić information content (AvgIpc) is 2.84. The molecule has 2 N–H and O–H groups in total. The highest BCUT2D eigenvalue weighted by atomic mass is 16.4. The van der Waals surface area contributed by atoms with Crippen molar-refractivity contribution in [3.8, 4) is 0 Å². The van der Waals surface area contributed by atoms with Crippen LogP contribution in [0.5, 0.6) is 0 Å². The molecule has 0 spiro atoms. The van der Waals surface area contributed by atoms with E-state index in [-0.39, 0.29) is 18.7 Å². The van der Waals surface area contributed by atoms with Crippen molar-refractivity contribution in [3.05, 3.63) is 53.9 Å². The minimum absolute atomic E-state index is 0.106. The highest BCUT2D eigenvalue weighted by molar-refractivity contribution is 5.84. The number of carboxylic acid groups (broad SMARTS) is 1. The molecule has 2 aromatic rings. The molecule has 1 aromatic carbocycles. The summed E-state index contributed by atoms with van der Waals surface area (Å²) >= 11 is 0. The van der Waals surface area contributed by atoms with Gasteiger partial charge in [0, 0.05) is 25.4 Å². The molecule has 6 heteroatoms. The predicted molar refractivity (Wildman–Crippen MR) is 76.6 cm³/mol. The van der Waals surface area contributed by atoms with E-state index in [4.69, 9.17) is 0 Å². The molecule has 1 atom stereocenters. The van der Waals surface area contributed by atoms with Gasteiger partial charge < -0.3 is 10.4 Å². The average molecular weight is 287 g/mol. The van der Waals surface area contributed by atoms with Crippen LogP contribution in [0.3, 0.4) is 0 Å². The maximum absolute atomic E-state index is 12.0. The van der Waals surface area contributed by atoms with Crippen molar-refractivity contribution in [1.82, 2.24) is 15.1 Å². The molecule has 6 nitrogen and oxygen atoms in total. The first kappa shape index (κ1) is 14.8. The van der Waals surface area contributed by atoms with Gasteiger partial charge in [0.1, 0.15) is 6.04 Å². The molecule has 0 aliphatic carbocycles. The van der Waals surface area contributed by atoms with Gasteiger partial charge in [-0.15, -0.1) is 0 Å². The van der Waals surface area contributed by atoms with Crippen LogP contribution in [0.15, 0.2) is 42.6 Å². The van der Waals surface area contributed by atoms with Crippen LogP contribution in [0, 0.1) is 0 Å². The lowest BCUT2D eigenvalue weighted by Gasteiger charge is -2.14. The van der Waals surface area contributed by atoms with Gasteiger partial charge >= 0.3 is 5.97 Å². The van der Waals surface area contributed by atoms with E-state index in [1.54, 1.807) is 24.0 Å². The number of hydrogen-bond donors (Lipinski definition) is 2. The number of carbonyl (C=O) groups excluding carboxylic acids is 1. The van der Waals surface area contributed by atoms with Crippen molar-refractivity contribution >= 4 is 11.9 Å². The summed E-state index contributed by atoms with van der Waals surface area (Å²) in [5.41, 5.74) is 1.60. The number of carboxylic acids is 1. The Morgan fingerprint density at radius 3 is 2.57 bits per heavy atom. The number of rotatable bonds is 6. The Labute approximate surface area is 122 Å². The molecule has 0 aliphatic rings. The van der Waals surface area contributed by atoms with Crippen LogP contribution in [0.25, 0.3) is 0 Å². The summed E-state index contributed by atoms with van der Waals surface area (Å²) in [5, 5.41) is 15.8. The van der Waals surface area contributed by atoms with Crippen LogP contribution < -0.4 is 5.32 Å². The zero-order chi connectivity index (χ0) is 15.2. The lowest BCUT2D eigenvalue weighted by atomic mass is 10.1. The van der Waals surface area contributed by atoms with Crippen molar-refractivity contribution in [3.63, 3.8) is 0 Å². The molecule has 0 radical (unpaired) electrons. The number of aliphatic carboxylic acids is 1. The minimum Gasteiger partial charge on any atom is -0.480 e. The van der Waals surface area contributed by atoms with Gasteiger partial charge in [0.15, 0.2) is 0 Å². The first-order valence-corrected chi connectivity index (χ1v) is 6.59. The van der Waals surface area contributed by atoms with E-state index in [9.17, 15) is 14.7 Å². The van der Waals surface area contributed by atoms with E-state index in [0.717, 1.165) is 11.3 Å². The molecule has 1 aromatic heterocycles. The van der Waals surface area contributed by atoms with Gasteiger partial charge in [0.2, 0.25) is 5.91 Å². The van der Waals surface area contributed by atoms with Gasteiger partial charge in [-0.05, 0) is 11.6 Å². The Bertz CT molecular complexity index is 622. The summed E-state index contributed by atoms with van der Waals surface area (Å²) in [6, 6.07) is 10.0. The number of amides is 1. The number of carbonyl (C=O) groups is 2. The van der Waals surface area contributed by atoms with Crippen molar-refractivity contribution in [2.24, 2.45) is 7.05 Å². The van der Waals surface area contributed by atoms with Gasteiger partial charge in [0.25, 0.3) is 0 Å². The molecule has 0 saturated heterocycles. The highest BCUT2D eigenvalue weighted by Crippen LogP contribution is 2.04. The molecule has 2 rings (SSSR count). The Kier molecular flexibility index (Phi) is 4.71. The van der Waals surface area contributed by atoms with Crippen molar-refractivity contribution in [2.75, 3.05) is 0 Å². The van der Waals surface area contributed by atoms with Crippen LogP contribution in [0.1, 0.15) is 11.3 Å². The van der Waals surface area contributed by atoms with Crippen LogP contribution >= 0.6 is 0 Å². The predicted octanol–water partition coefficient (Wildman–Crippen LogP) is 0.775. The smallest absolute Gasteiger partial charge is 0.326 e. The number of nitrogens with one attached hydrogen (secondary N) is 1. The standard InChI is InChI=1S/C15H17N3O3/c1-18-12(7-8-16-18)10-14(19)17-13(15(20)21)9-11-5-3-2-4-6-11/h2-8,13H,9-10H2,1H3,(H,17,19)(H,20,21)/t13-/m0/s1. The maximum atomic E-state index is 12.0. The van der Waals surface area contributed by atoms with Crippen LogP contribution in [0.4, 0.5) is 0 Å². The van der Waals surface area contributed by atoms with E-state index < -0.39 is 12.0 Å². The van der Waals surface area contributed by atoms with Crippen molar-refractivity contribution < 1.29 is 14.7 Å². The minimum atomic E-state index is -1.04. The number of aromatic nitrogens is 2. The first-order valence-electron chi connectivity index (χ1n) is 6.59. The molecule has 0 fully saturated rings. The maximum Gasteiger partial charge on any atom is 0.326 e. The lowest BCUT2D eigenvalue weighted by Crippen LogP contribution is -2.43. The Morgan fingerprint density at radius 2 is 2.00 bits per heavy atom. The van der Waals surface area contributed by atoms with E-state index in [0.29, 0.717) is 0 Å². The van der Waals surface area contributed by atoms with Crippen LogP contribution in [-0.4, -0.2) is 32.8 Å². The topological polar surface area (TPSA) is 84.2 Å². The van der Waals surface area contributed by atoms with Crippen LogP contribution in [0.2, 0.25) is 0 Å². The number of benzene rings is 1. The second-order valence-corrected chi connectivity index (χ2v) is 4.77. The third-order valence-corrected chi connectivity index (χ3v) is 3.18. The SMILES string of the molecule is Cn1nccc1CC(=O)N[C@@H](Cc1ccccc1)C(=O)O. The fourth-order valence-electron chi connectivity index (χ4n) is 2.03. The molecule has 1 heterocycles. The zero-order valence-electron chi connectivity index (χ0n) is 11.7. The Morgan fingerprint density at radius 1 is 1.29 bits per heavy atom. The molecule has 1 amide bonds. The Balaban J connectivity index is 1.98. The van der Waals surface area contributed by atoms with Gasteiger partial charge in [-0.25, -0.2) is 4.79 Å². The fraction of sp³-hybridized carbons (Fsp3) is 0.267. The highest BCUT2D eigenvalue weighted by Gasteiger charge is 2.20. The summed E-state index contributed by atoms with van der Waals surface area (Å²) < 4.78 is 1.59. The first-order chi connectivity index (χ1) is 10.1. The molecular weight excluding hydrogens is 270 g/mol. The molecule has 21 heavy (non-hydrogen) atoms. The largest absolute Gasteiger partial charge is 0.480 e. The summed E-state index contributed by atoms with van der Waals surface area (Å²) in [6.07, 6.45) is 1.96. The van der Waals surface area contributed by atoms with Gasteiger partial charge in [0.05, 0.1) is 6.42 Å². The van der Waals surface area contributed by atoms with E-state index >= 15 is 0 Å². The monoisotopic (exact) mass is 287 g/mol. The lowest BCUT2D eigenvalue weighted by molar-refractivity contribution is -0.141. The fourth-order valence-corrected chi connectivity index (χ4v) is 2.03. The molecule has 0 bridgehead atoms. The van der Waals surface area contributed by atoms with Crippen molar-refractivity contribution in [2.45, 2.75) is 18.9 Å². The third kappa shape index (κ3) is 4.17. The molecule has 110 valence electrons. The normalized spacial score (nSPS) is 11.9. The number of hydrogen-bond acceptors (Lipinski definition) is 3. The molecule has 0 saturated carbocycles. The third-order valence-electron chi connectivity index (χ3n) is 3.18. The Hall–Kier alpha value is -2.63. The van der Waals surface area contributed by atoms with E-state index in [1.165, 1.54) is 0 Å². The van der Waals surface area contributed by atoms with E-state index in [2.05, 4.69) is 10.4 Å². The van der Waals surface area contributed by atoms with E-state index in [1.807, 2.05) is 30.3 Å². The summed E-state index contributed by atoms with van der Waals surface area (Å²) in [5.74, 6) is -1.38. The summed E-state index contributed by atoms with van der Waals surface area (Å²) in [4.78, 5) is 23.2. The second-order valence-electron chi connectivity index (χ2n) is 4.77. The second kappa shape index (κ2) is 6.69. The number of nitrogens with zero attached hydrogens (tertiary/aromatic N) is 2. The summed E-state index contributed by atoms with van der Waals surface area (Å²) in [7, 11) is 1.74. The molecule has 0 unspecified atom stereocenters. The quantitative estimate of drug-likeness (QED) is 0.822. The van der Waals surface area contributed by atoms with Gasteiger partial charge in [-0.2, -0.15) is 5.10 Å². The molecular formula is C15H17N3O3. The van der Waals surface area contributed by atoms with Gasteiger partial charge in [-0.1, -0.05) is 30.3 Å². The zero-order valence-corrected chi connectivity index (χ0v) is 11.7.